The third-order valence-corrected chi connectivity index (χ3v) is 3.30. The maximum absolute atomic E-state index is 9.92. The third-order valence-electron chi connectivity index (χ3n) is 3.30. The summed E-state index contributed by atoms with van der Waals surface area (Å²) in [6.07, 6.45) is 7.59. The van der Waals surface area contributed by atoms with E-state index in [9.17, 15) is 5.11 Å². The molecule has 5 heteroatoms. The Labute approximate surface area is 135 Å². The molecular formula is C17H33N3O2. The zero-order valence-electron chi connectivity index (χ0n) is 14.9. The minimum atomic E-state index is 0.257. The smallest absolute Gasteiger partial charge is 0.225 e. The second-order valence-corrected chi connectivity index (χ2v) is 5.69. The van der Waals surface area contributed by atoms with E-state index in [4.69, 9.17) is 5.11 Å². The SMILES string of the molecule is CCCCCCc1nc(N(C)C)nc(C)c1O.CCCCO. The number of aromatic nitrogens is 2. The molecule has 0 aliphatic carbocycles. The average molecular weight is 311 g/mol. The number of aliphatic hydroxyl groups is 1. The van der Waals surface area contributed by atoms with Crippen LogP contribution in [0.4, 0.5) is 5.95 Å². The summed E-state index contributed by atoms with van der Waals surface area (Å²) in [7, 11) is 3.82. The summed E-state index contributed by atoms with van der Waals surface area (Å²) in [4.78, 5) is 10.5. The van der Waals surface area contributed by atoms with E-state index in [0.29, 0.717) is 18.2 Å². The average Bonchev–Trinajstić information content (AvgIpc) is 2.48. The molecule has 0 spiro atoms. The largest absolute Gasteiger partial charge is 0.504 e. The molecule has 22 heavy (non-hydrogen) atoms. The Kier molecular flexibility index (Phi) is 11.5. The molecule has 0 saturated carbocycles. The first-order chi connectivity index (χ1) is 10.5. The number of hydrogen-bond acceptors (Lipinski definition) is 5. The molecule has 128 valence electrons. The van der Waals surface area contributed by atoms with Crippen LogP contribution in [0.5, 0.6) is 5.75 Å². The summed E-state index contributed by atoms with van der Waals surface area (Å²) in [6, 6.07) is 0. The highest BCUT2D eigenvalue weighted by Crippen LogP contribution is 2.23. The standard InChI is InChI=1S/C13H23N3O.C4H10O/c1-5-6-7-8-9-11-12(17)10(2)14-13(15-11)16(3)4;1-2-3-4-5/h17H,5-9H2,1-4H3;5H,2-4H2,1H3. The fourth-order valence-corrected chi connectivity index (χ4v) is 1.86. The zero-order chi connectivity index (χ0) is 17.0. The topological polar surface area (TPSA) is 69.5 Å². The van der Waals surface area contributed by atoms with Crippen LogP contribution in [0.3, 0.4) is 0 Å². The molecule has 0 saturated heterocycles. The number of hydrogen-bond donors (Lipinski definition) is 2. The summed E-state index contributed by atoms with van der Waals surface area (Å²) in [6.45, 7) is 6.41. The lowest BCUT2D eigenvalue weighted by molar-refractivity contribution is 0.287. The molecule has 0 bridgehead atoms. The van der Waals surface area contributed by atoms with Crippen molar-refractivity contribution >= 4 is 5.95 Å². The molecule has 0 aliphatic rings. The van der Waals surface area contributed by atoms with Gasteiger partial charge in [0.1, 0.15) is 0 Å². The molecule has 0 unspecified atom stereocenters. The molecule has 2 N–H and O–H groups in total. The molecule has 1 heterocycles. The van der Waals surface area contributed by atoms with Crippen molar-refractivity contribution in [3.05, 3.63) is 11.4 Å². The van der Waals surface area contributed by atoms with E-state index in [2.05, 4.69) is 23.8 Å². The van der Waals surface area contributed by atoms with Crippen molar-refractivity contribution < 1.29 is 10.2 Å². The molecule has 0 amide bonds. The van der Waals surface area contributed by atoms with Crippen molar-refractivity contribution in [2.24, 2.45) is 0 Å². The normalized spacial score (nSPS) is 10.1. The van der Waals surface area contributed by atoms with Gasteiger partial charge in [0.2, 0.25) is 5.95 Å². The first kappa shape index (κ1) is 20.6. The fourth-order valence-electron chi connectivity index (χ4n) is 1.86. The summed E-state index contributed by atoms with van der Waals surface area (Å²) in [5.74, 6) is 0.929. The molecule has 0 aromatic carbocycles. The Hall–Kier alpha value is -1.36. The zero-order valence-corrected chi connectivity index (χ0v) is 14.9. The first-order valence-corrected chi connectivity index (χ1v) is 8.32. The van der Waals surface area contributed by atoms with E-state index in [1.807, 2.05) is 25.9 Å². The number of nitrogens with zero attached hydrogens (tertiary/aromatic N) is 3. The lowest BCUT2D eigenvalue weighted by atomic mass is 10.1. The van der Waals surface area contributed by atoms with Gasteiger partial charge >= 0.3 is 0 Å². The van der Waals surface area contributed by atoms with Gasteiger partial charge in [-0.15, -0.1) is 0 Å². The number of unbranched alkanes of at least 4 members (excludes halogenated alkanes) is 4. The van der Waals surface area contributed by atoms with Crippen molar-refractivity contribution in [3.63, 3.8) is 0 Å². The maximum Gasteiger partial charge on any atom is 0.225 e. The Balaban J connectivity index is 0.000000763. The third kappa shape index (κ3) is 8.17. The molecule has 1 aromatic heterocycles. The minimum absolute atomic E-state index is 0.257. The van der Waals surface area contributed by atoms with E-state index in [0.717, 1.165) is 31.4 Å². The van der Waals surface area contributed by atoms with Crippen LogP contribution in [-0.2, 0) is 6.42 Å². The van der Waals surface area contributed by atoms with Gasteiger partial charge in [0, 0.05) is 20.7 Å². The van der Waals surface area contributed by atoms with Crippen LogP contribution in [0.25, 0.3) is 0 Å². The van der Waals surface area contributed by atoms with Gasteiger partial charge in [-0.2, -0.15) is 0 Å². The van der Waals surface area contributed by atoms with Gasteiger partial charge in [-0.3, -0.25) is 0 Å². The van der Waals surface area contributed by atoms with Crippen LogP contribution in [0.15, 0.2) is 0 Å². The quantitative estimate of drug-likeness (QED) is 0.720. The summed E-state index contributed by atoms with van der Waals surface area (Å²) in [5, 5.41) is 18.0. The second-order valence-electron chi connectivity index (χ2n) is 5.69. The van der Waals surface area contributed by atoms with Crippen molar-refractivity contribution in [2.45, 2.75) is 65.7 Å². The molecule has 0 aliphatic heterocycles. The second kappa shape index (κ2) is 12.2. The highest BCUT2D eigenvalue weighted by Gasteiger charge is 2.11. The maximum atomic E-state index is 9.92. The van der Waals surface area contributed by atoms with Crippen LogP contribution in [0, 0.1) is 6.92 Å². The predicted molar refractivity (Wildman–Crippen MR) is 92.6 cm³/mol. The van der Waals surface area contributed by atoms with Crippen molar-refractivity contribution in [2.75, 3.05) is 25.6 Å². The van der Waals surface area contributed by atoms with Gasteiger partial charge in [0.15, 0.2) is 5.75 Å². The van der Waals surface area contributed by atoms with Crippen molar-refractivity contribution in [1.82, 2.24) is 9.97 Å². The Morgan fingerprint density at radius 1 is 0.955 bits per heavy atom. The molecule has 1 rings (SSSR count). The van der Waals surface area contributed by atoms with Gasteiger partial charge in [0.25, 0.3) is 0 Å². The number of aryl methyl sites for hydroxylation is 2. The number of anilines is 1. The van der Waals surface area contributed by atoms with Gasteiger partial charge in [-0.05, 0) is 26.2 Å². The fraction of sp³-hybridized carbons (Fsp3) is 0.765. The van der Waals surface area contributed by atoms with Crippen LogP contribution < -0.4 is 4.90 Å². The van der Waals surface area contributed by atoms with Crippen molar-refractivity contribution in [3.8, 4) is 5.75 Å². The van der Waals surface area contributed by atoms with Crippen molar-refractivity contribution in [1.29, 1.82) is 0 Å². The van der Waals surface area contributed by atoms with E-state index < -0.39 is 0 Å². The van der Waals surface area contributed by atoms with Crippen LogP contribution >= 0.6 is 0 Å². The summed E-state index contributed by atoms with van der Waals surface area (Å²) < 4.78 is 0. The molecule has 0 radical (unpaired) electrons. The molecule has 1 aromatic rings. The first-order valence-electron chi connectivity index (χ1n) is 8.32. The highest BCUT2D eigenvalue weighted by atomic mass is 16.3. The van der Waals surface area contributed by atoms with Gasteiger partial charge < -0.3 is 15.1 Å². The monoisotopic (exact) mass is 311 g/mol. The summed E-state index contributed by atoms with van der Waals surface area (Å²) >= 11 is 0. The molecular weight excluding hydrogens is 278 g/mol. The van der Waals surface area contributed by atoms with Crippen LogP contribution in [0.2, 0.25) is 0 Å². The minimum Gasteiger partial charge on any atom is -0.504 e. The van der Waals surface area contributed by atoms with Gasteiger partial charge in [-0.1, -0.05) is 39.5 Å². The number of aromatic hydroxyl groups is 1. The van der Waals surface area contributed by atoms with Gasteiger partial charge in [-0.25, -0.2) is 9.97 Å². The Morgan fingerprint density at radius 3 is 2.05 bits per heavy atom. The number of aliphatic hydroxyl groups excluding tert-OH is 1. The number of rotatable bonds is 8. The lowest BCUT2D eigenvalue weighted by Gasteiger charge is -2.14. The van der Waals surface area contributed by atoms with E-state index >= 15 is 0 Å². The Bertz CT molecular complexity index is 407. The van der Waals surface area contributed by atoms with E-state index in [1.165, 1.54) is 19.3 Å². The Morgan fingerprint density at radius 2 is 1.59 bits per heavy atom. The predicted octanol–water partition coefficient (Wildman–Crippen LogP) is 3.46. The lowest BCUT2D eigenvalue weighted by Crippen LogP contribution is -2.14. The van der Waals surface area contributed by atoms with Crippen LogP contribution in [0.1, 0.15) is 63.8 Å². The van der Waals surface area contributed by atoms with Gasteiger partial charge in [0.05, 0.1) is 11.4 Å². The molecule has 5 nitrogen and oxygen atoms in total. The van der Waals surface area contributed by atoms with E-state index in [1.54, 1.807) is 0 Å². The highest BCUT2D eigenvalue weighted by molar-refractivity contribution is 5.38. The summed E-state index contributed by atoms with van der Waals surface area (Å²) in [5.41, 5.74) is 1.44. The molecule has 0 fully saturated rings. The van der Waals surface area contributed by atoms with E-state index in [-0.39, 0.29) is 5.75 Å². The van der Waals surface area contributed by atoms with Crippen LogP contribution in [-0.4, -0.2) is 40.9 Å². The molecule has 0 atom stereocenters.